The first-order chi connectivity index (χ1) is 12.6. The zero-order valence-corrected chi connectivity index (χ0v) is 14.3. The van der Waals surface area contributed by atoms with Crippen LogP contribution in [0, 0.1) is 5.21 Å². The molecule has 3 N–H and O–H groups in total. The molecule has 0 aliphatic carbocycles. The summed E-state index contributed by atoms with van der Waals surface area (Å²) < 4.78 is 6.88. The maximum absolute atomic E-state index is 11.1. The van der Waals surface area contributed by atoms with E-state index in [-0.39, 0.29) is 22.0 Å². The van der Waals surface area contributed by atoms with E-state index in [0.717, 1.165) is 5.56 Å². The second-order valence-electron chi connectivity index (χ2n) is 5.52. The number of hydrogen-bond acceptors (Lipinski definition) is 9. The molecule has 0 fully saturated rings. The number of nitrogens with one attached hydrogen (secondary N) is 1. The highest BCUT2D eigenvalue weighted by atomic mass is 32.2. The number of hydrogen-bond donors (Lipinski definition) is 3. The summed E-state index contributed by atoms with van der Waals surface area (Å²) in [7, 11) is 1.49. The Morgan fingerprint density at radius 3 is 2.88 bits per heavy atom. The average molecular weight is 372 g/mol. The Bertz CT molecular complexity index is 962. The van der Waals surface area contributed by atoms with Crippen molar-refractivity contribution in [3.8, 4) is 22.9 Å². The van der Waals surface area contributed by atoms with Crippen molar-refractivity contribution in [1.29, 1.82) is 0 Å². The van der Waals surface area contributed by atoms with Crippen LogP contribution in [-0.4, -0.2) is 32.3 Å². The van der Waals surface area contributed by atoms with Crippen LogP contribution in [-0.2, 0) is 0 Å². The lowest BCUT2D eigenvalue weighted by molar-refractivity contribution is 0.296. The summed E-state index contributed by atoms with van der Waals surface area (Å²) in [6.45, 7) is 0. The largest absolute Gasteiger partial charge is 0.733 e. The highest BCUT2D eigenvalue weighted by molar-refractivity contribution is 7.99. The van der Waals surface area contributed by atoms with Crippen molar-refractivity contribution in [1.82, 2.24) is 14.9 Å². The average Bonchev–Trinajstić information content (AvgIpc) is 3.23. The smallest absolute Gasteiger partial charge is 0.212 e. The molecular weight excluding hydrogens is 358 g/mol. The van der Waals surface area contributed by atoms with Crippen molar-refractivity contribution < 1.29 is 15.1 Å². The van der Waals surface area contributed by atoms with Crippen molar-refractivity contribution in [3.63, 3.8) is 0 Å². The zero-order chi connectivity index (χ0) is 18.3. The normalized spacial score (nSPS) is 15.4. The number of aromatic hydroxyl groups is 1. The molecule has 9 nitrogen and oxygen atoms in total. The molecule has 0 saturated heterocycles. The Kier molecular flexibility index (Phi) is 4.07. The van der Waals surface area contributed by atoms with E-state index in [0.29, 0.717) is 22.3 Å². The first-order valence-electron chi connectivity index (χ1n) is 7.59. The second-order valence-corrected chi connectivity index (χ2v) is 6.60. The maximum atomic E-state index is 11.1. The lowest BCUT2D eigenvalue weighted by Gasteiger charge is -2.21. The van der Waals surface area contributed by atoms with E-state index in [1.54, 1.807) is 35.0 Å². The van der Waals surface area contributed by atoms with E-state index in [4.69, 9.17) is 9.94 Å². The van der Waals surface area contributed by atoms with E-state index < -0.39 is 0 Å². The van der Waals surface area contributed by atoms with Crippen molar-refractivity contribution in [2.24, 2.45) is 0 Å². The summed E-state index contributed by atoms with van der Waals surface area (Å²) in [5.41, 5.74) is 4.91. The SMILES string of the molecule is COc1cc([C@@H]2Nn3c(nnc3-c3cccc(N([O-])O)c3)S2)ccc1O. The van der Waals surface area contributed by atoms with Crippen LogP contribution >= 0.6 is 11.8 Å². The van der Waals surface area contributed by atoms with Crippen LogP contribution in [0.4, 0.5) is 5.69 Å². The van der Waals surface area contributed by atoms with E-state index >= 15 is 0 Å². The van der Waals surface area contributed by atoms with Gasteiger partial charge in [0.15, 0.2) is 17.3 Å². The summed E-state index contributed by atoms with van der Waals surface area (Å²) >= 11 is 1.46. The molecule has 26 heavy (non-hydrogen) atoms. The molecule has 2 heterocycles. The van der Waals surface area contributed by atoms with Gasteiger partial charge in [0.1, 0.15) is 5.37 Å². The Morgan fingerprint density at radius 2 is 2.12 bits per heavy atom. The molecule has 0 radical (unpaired) electrons. The summed E-state index contributed by atoms with van der Waals surface area (Å²) in [5, 5.41) is 38.6. The van der Waals surface area contributed by atoms with Gasteiger partial charge in [-0.2, -0.15) is 0 Å². The predicted molar refractivity (Wildman–Crippen MR) is 95.7 cm³/mol. The Hall–Kier alpha value is -2.95. The molecule has 1 aromatic heterocycles. The number of phenols is 1. The third kappa shape index (κ3) is 2.79. The molecule has 0 spiro atoms. The first kappa shape index (κ1) is 16.5. The van der Waals surface area contributed by atoms with Crippen LogP contribution in [0.25, 0.3) is 11.4 Å². The van der Waals surface area contributed by atoms with Crippen molar-refractivity contribution in [2.75, 3.05) is 17.8 Å². The number of benzene rings is 2. The first-order valence-corrected chi connectivity index (χ1v) is 8.47. The maximum Gasteiger partial charge on any atom is 0.212 e. The molecule has 1 atom stereocenters. The van der Waals surface area contributed by atoms with Crippen molar-refractivity contribution in [3.05, 3.63) is 53.2 Å². The number of fused-ring (bicyclic) bond motifs is 1. The number of nitrogens with zero attached hydrogens (tertiary/aromatic N) is 4. The number of phenolic OH excluding ortho intramolecular Hbond substituents is 1. The summed E-state index contributed by atoms with van der Waals surface area (Å²) in [6.07, 6.45) is 0. The van der Waals surface area contributed by atoms with Crippen LogP contribution in [0.5, 0.6) is 11.5 Å². The van der Waals surface area contributed by atoms with Gasteiger partial charge in [0.05, 0.1) is 12.8 Å². The monoisotopic (exact) mass is 372 g/mol. The fraction of sp³-hybridized carbons (Fsp3) is 0.125. The Labute approximate surface area is 152 Å². The molecule has 0 amide bonds. The van der Waals surface area contributed by atoms with Crippen LogP contribution < -0.4 is 15.4 Å². The van der Waals surface area contributed by atoms with Gasteiger partial charge in [0, 0.05) is 5.56 Å². The predicted octanol–water partition coefficient (Wildman–Crippen LogP) is 2.70. The number of anilines is 1. The van der Waals surface area contributed by atoms with E-state index in [2.05, 4.69) is 15.6 Å². The third-order valence-corrected chi connectivity index (χ3v) is 5.02. The molecule has 134 valence electrons. The van der Waals surface area contributed by atoms with Gasteiger partial charge in [-0.1, -0.05) is 30.0 Å². The van der Waals surface area contributed by atoms with Gasteiger partial charge in [0.2, 0.25) is 5.16 Å². The Balaban J connectivity index is 1.64. The van der Waals surface area contributed by atoms with Crippen LogP contribution in [0.15, 0.2) is 47.6 Å². The highest BCUT2D eigenvalue weighted by Gasteiger charge is 2.28. The number of rotatable bonds is 4. The number of aromatic nitrogens is 3. The minimum absolute atomic E-state index is 0.0716. The molecular formula is C16H14N5O4S-. The molecule has 4 rings (SSSR count). The van der Waals surface area contributed by atoms with Gasteiger partial charge in [-0.25, -0.2) is 4.68 Å². The fourth-order valence-corrected chi connectivity index (χ4v) is 3.65. The zero-order valence-electron chi connectivity index (χ0n) is 13.5. The third-order valence-electron chi connectivity index (χ3n) is 3.93. The van der Waals surface area contributed by atoms with E-state index in [9.17, 15) is 10.3 Å². The van der Waals surface area contributed by atoms with Crippen molar-refractivity contribution >= 4 is 17.4 Å². The minimum atomic E-state index is -0.196. The number of methoxy groups -OCH3 is 1. The van der Waals surface area contributed by atoms with Crippen molar-refractivity contribution in [2.45, 2.75) is 10.5 Å². The molecule has 3 aromatic rings. The molecule has 10 heteroatoms. The fourth-order valence-electron chi connectivity index (χ4n) is 2.66. The molecule has 1 aliphatic rings. The van der Waals surface area contributed by atoms with E-state index in [1.165, 1.54) is 31.0 Å². The van der Waals surface area contributed by atoms with Crippen LogP contribution in [0.2, 0.25) is 0 Å². The molecule has 0 unspecified atom stereocenters. The van der Waals surface area contributed by atoms with Gasteiger partial charge >= 0.3 is 0 Å². The van der Waals surface area contributed by atoms with Gasteiger partial charge in [0.25, 0.3) is 0 Å². The van der Waals surface area contributed by atoms with Gasteiger partial charge in [-0.05, 0) is 29.8 Å². The molecule has 0 bridgehead atoms. The van der Waals surface area contributed by atoms with Gasteiger partial charge < -0.3 is 25.7 Å². The summed E-state index contributed by atoms with van der Waals surface area (Å²) in [4.78, 5) is 0. The standard InChI is InChI=1S/C16H14N5O4S/c1-25-13-8-10(5-6-12(13)22)15-19-20-14(17-18-16(20)26-15)9-3-2-4-11(7-9)21(23)24/h2-8,15,19,22-23H,1H3/q-1/t15-/m1/s1. The van der Waals surface area contributed by atoms with E-state index in [1.807, 2.05) is 0 Å². The summed E-state index contributed by atoms with van der Waals surface area (Å²) in [6, 6.07) is 11.6. The summed E-state index contributed by atoms with van der Waals surface area (Å²) in [5.74, 6) is 0.978. The highest BCUT2D eigenvalue weighted by Crippen LogP contribution is 2.42. The number of ether oxygens (including phenoxy) is 1. The quantitative estimate of drug-likeness (QED) is 0.594. The Morgan fingerprint density at radius 1 is 1.27 bits per heavy atom. The van der Waals surface area contributed by atoms with Gasteiger partial charge in [-0.15, -0.1) is 10.2 Å². The van der Waals surface area contributed by atoms with Gasteiger partial charge in [-0.3, -0.25) is 5.21 Å². The topological polar surface area (TPSA) is 119 Å². The molecule has 2 aromatic carbocycles. The molecule has 1 aliphatic heterocycles. The second kappa shape index (κ2) is 6.41. The lowest BCUT2D eigenvalue weighted by Crippen LogP contribution is -2.14. The number of thioether (sulfide) groups is 1. The van der Waals surface area contributed by atoms with Crippen LogP contribution in [0.3, 0.4) is 0 Å². The van der Waals surface area contributed by atoms with Crippen LogP contribution in [0.1, 0.15) is 10.9 Å². The molecule has 0 saturated carbocycles. The lowest BCUT2D eigenvalue weighted by atomic mass is 10.2. The minimum Gasteiger partial charge on any atom is -0.733 e.